The molecule has 0 aliphatic carbocycles. The van der Waals surface area contributed by atoms with Gasteiger partial charge in [0.15, 0.2) is 0 Å². The molecule has 4 rings (SSSR count). The molecule has 0 saturated carbocycles. The molecule has 1 amide bonds. The number of rotatable bonds is 8. The number of carbonyl (C=O) groups excluding carboxylic acids is 1. The highest BCUT2D eigenvalue weighted by molar-refractivity contribution is 7.89. The maximum Gasteiger partial charge on any atom is 0.243 e. The van der Waals surface area contributed by atoms with Crippen LogP contribution in [0.4, 0.5) is 0 Å². The molecule has 190 valence electrons. The van der Waals surface area contributed by atoms with E-state index in [9.17, 15) is 13.2 Å². The van der Waals surface area contributed by atoms with E-state index in [1.165, 1.54) is 24.2 Å². The van der Waals surface area contributed by atoms with E-state index in [1.807, 2.05) is 36.4 Å². The SMILES string of the molecule is COc1ccc(S(=O)(=O)N(C)CC(=O)N2CCN(C(c3ccccc3)c3ccccc3)CC2)cc1C. The summed E-state index contributed by atoms with van der Waals surface area (Å²) in [7, 11) is -0.804. The third-order valence-electron chi connectivity index (χ3n) is 6.70. The van der Waals surface area contributed by atoms with E-state index >= 15 is 0 Å². The summed E-state index contributed by atoms with van der Waals surface area (Å²) in [4.78, 5) is 17.3. The number of benzene rings is 3. The molecule has 1 aliphatic heterocycles. The minimum absolute atomic E-state index is 0.103. The maximum absolute atomic E-state index is 13.1. The molecule has 0 N–H and O–H groups in total. The van der Waals surface area contributed by atoms with Gasteiger partial charge in [-0.15, -0.1) is 0 Å². The van der Waals surface area contributed by atoms with Gasteiger partial charge in [-0.25, -0.2) is 8.42 Å². The molecule has 1 fully saturated rings. The van der Waals surface area contributed by atoms with Gasteiger partial charge < -0.3 is 9.64 Å². The standard InChI is InChI=1S/C28H33N3O4S/c1-22-20-25(14-15-26(22)35-3)36(33,34)29(2)21-27(32)30-16-18-31(19-17-30)28(23-10-6-4-7-11-23)24-12-8-5-9-13-24/h4-15,20,28H,16-19,21H2,1-3H3. The highest BCUT2D eigenvalue weighted by Crippen LogP contribution is 2.29. The van der Waals surface area contributed by atoms with Crippen LogP contribution in [0.3, 0.4) is 0 Å². The fraction of sp³-hybridized carbons (Fsp3) is 0.321. The lowest BCUT2D eigenvalue weighted by molar-refractivity contribution is -0.133. The van der Waals surface area contributed by atoms with Gasteiger partial charge in [0, 0.05) is 33.2 Å². The highest BCUT2D eigenvalue weighted by Gasteiger charge is 2.30. The number of methoxy groups -OCH3 is 1. The Morgan fingerprint density at radius 1 is 0.917 bits per heavy atom. The van der Waals surface area contributed by atoms with Crippen LogP contribution < -0.4 is 4.74 Å². The van der Waals surface area contributed by atoms with Crippen molar-refractivity contribution >= 4 is 15.9 Å². The van der Waals surface area contributed by atoms with E-state index < -0.39 is 10.0 Å². The molecule has 0 unspecified atom stereocenters. The first kappa shape index (κ1) is 25.9. The van der Waals surface area contributed by atoms with Crippen LogP contribution in [0.5, 0.6) is 5.75 Å². The molecule has 7 nitrogen and oxygen atoms in total. The second-order valence-electron chi connectivity index (χ2n) is 9.03. The van der Waals surface area contributed by atoms with Crippen molar-refractivity contribution in [2.24, 2.45) is 0 Å². The predicted octanol–water partition coefficient (Wildman–Crippen LogP) is 3.56. The summed E-state index contributed by atoms with van der Waals surface area (Å²) in [5.74, 6) is 0.428. The number of ether oxygens (including phenoxy) is 1. The Bertz CT molecular complexity index is 1240. The van der Waals surface area contributed by atoms with E-state index in [4.69, 9.17) is 4.74 Å². The molecular formula is C28H33N3O4S. The van der Waals surface area contributed by atoms with E-state index in [0.29, 0.717) is 31.9 Å². The monoisotopic (exact) mass is 507 g/mol. The molecular weight excluding hydrogens is 474 g/mol. The van der Waals surface area contributed by atoms with Gasteiger partial charge in [-0.2, -0.15) is 4.31 Å². The van der Waals surface area contributed by atoms with E-state index in [1.54, 1.807) is 31.1 Å². The molecule has 8 heteroatoms. The number of sulfonamides is 1. The summed E-state index contributed by atoms with van der Waals surface area (Å²) in [6.45, 7) is 4.09. The molecule has 0 bridgehead atoms. The molecule has 0 radical (unpaired) electrons. The van der Waals surface area contributed by atoms with Crippen molar-refractivity contribution in [1.29, 1.82) is 0 Å². The summed E-state index contributed by atoms with van der Waals surface area (Å²) in [5, 5.41) is 0. The molecule has 0 spiro atoms. The molecule has 36 heavy (non-hydrogen) atoms. The number of hydrogen-bond donors (Lipinski definition) is 0. The number of piperazine rings is 1. The van der Waals surface area contributed by atoms with Crippen LogP contribution in [-0.2, 0) is 14.8 Å². The molecule has 3 aromatic carbocycles. The van der Waals surface area contributed by atoms with Crippen molar-refractivity contribution in [2.45, 2.75) is 17.9 Å². The van der Waals surface area contributed by atoms with Gasteiger partial charge in [0.1, 0.15) is 5.75 Å². The Balaban J connectivity index is 1.41. The smallest absolute Gasteiger partial charge is 0.243 e. The maximum atomic E-state index is 13.1. The fourth-order valence-electron chi connectivity index (χ4n) is 4.68. The summed E-state index contributed by atoms with van der Waals surface area (Å²) < 4.78 is 32.5. The van der Waals surface area contributed by atoms with Crippen molar-refractivity contribution < 1.29 is 17.9 Å². The number of likely N-dealkylation sites (N-methyl/N-ethyl adjacent to an activating group) is 1. The average Bonchev–Trinajstić information content (AvgIpc) is 2.90. The zero-order chi connectivity index (χ0) is 25.7. The molecule has 1 aliphatic rings. The van der Waals surface area contributed by atoms with Gasteiger partial charge in [0.25, 0.3) is 0 Å². The van der Waals surface area contributed by atoms with Gasteiger partial charge in [-0.1, -0.05) is 60.7 Å². The summed E-state index contributed by atoms with van der Waals surface area (Å²) in [6.07, 6.45) is 0. The van der Waals surface area contributed by atoms with Crippen LogP contribution in [0.2, 0.25) is 0 Å². The summed E-state index contributed by atoms with van der Waals surface area (Å²) in [5.41, 5.74) is 3.15. The summed E-state index contributed by atoms with van der Waals surface area (Å²) in [6, 6.07) is 25.6. The Labute approximate surface area is 214 Å². The zero-order valence-corrected chi connectivity index (χ0v) is 21.8. The van der Waals surface area contributed by atoms with Crippen molar-refractivity contribution in [2.75, 3.05) is 46.9 Å². The lowest BCUT2D eigenvalue weighted by atomic mass is 9.96. The second kappa shape index (κ2) is 11.2. The summed E-state index contributed by atoms with van der Waals surface area (Å²) >= 11 is 0. The minimum Gasteiger partial charge on any atom is -0.496 e. The predicted molar refractivity (Wildman–Crippen MR) is 140 cm³/mol. The van der Waals surface area contributed by atoms with Crippen molar-refractivity contribution in [3.63, 3.8) is 0 Å². The minimum atomic E-state index is -3.80. The van der Waals surface area contributed by atoms with Gasteiger partial charge in [0.05, 0.1) is 24.6 Å². The Kier molecular flexibility index (Phi) is 8.08. The average molecular weight is 508 g/mol. The highest BCUT2D eigenvalue weighted by atomic mass is 32.2. The molecule has 1 saturated heterocycles. The zero-order valence-electron chi connectivity index (χ0n) is 21.0. The van der Waals surface area contributed by atoms with Crippen molar-refractivity contribution in [3.8, 4) is 5.75 Å². The Morgan fingerprint density at radius 3 is 1.97 bits per heavy atom. The van der Waals surface area contributed by atoms with Crippen LogP contribution in [-0.4, -0.2) is 75.3 Å². The van der Waals surface area contributed by atoms with Crippen LogP contribution in [0.1, 0.15) is 22.7 Å². The van der Waals surface area contributed by atoms with Crippen molar-refractivity contribution in [1.82, 2.24) is 14.1 Å². The molecule has 3 aromatic rings. The van der Waals surface area contributed by atoms with E-state index in [-0.39, 0.29) is 23.4 Å². The quantitative estimate of drug-likeness (QED) is 0.466. The fourth-order valence-corrected chi connectivity index (χ4v) is 5.89. The van der Waals surface area contributed by atoms with Gasteiger partial charge >= 0.3 is 0 Å². The van der Waals surface area contributed by atoms with Gasteiger partial charge in [-0.05, 0) is 41.8 Å². The van der Waals surface area contributed by atoms with Crippen LogP contribution >= 0.6 is 0 Å². The van der Waals surface area contributed by atoms with E-state index in [0.717, 1.165) is 9.87 Å². The van der Waals surface area contributed by atoms with Crippen LogP contribution in [0.15, 0.2) is 83.8 Å². The number of carbonyl (C=O) groups is 1. The first-order valence-electron chi connectivity index (χ1n) is 12.0. The van der Waals surface area contributed by atoms with Crippen LogP contribution in [0.25, 0.3) is 0 Å². The first-order valence-corrected chi connectivity index (χ1v) is 13.5. The Hall–Kier alpha value is -3.20. The largest absolute Gasteiger partial charge is 0.496 e. The third-order valence-corrected chi connectivity index (χ3v) is 8.49. The molecule has 0 atom stereocenters. The van der Waals surface area contributed by atoms with Gasteiger partial charge in [-0.3, -0.25) is 9.69 Å². The molecule has 0 aromatic heterocycles. The lowest BCUT2D eigenvalue weighted by Crippen LogP contribution is -2.52. The van der Waals surface area contributed by atoms with Crippen LogP contribution in [0, 0.1) is 6.92 Å². The Morgan fingerprint density at radius 2 is 1.47 bits per heavy atom. The number of hydrogen-bond acceptors (Lipinski definition) is 5. The number of amides is 1. The first-order chi connectivity index (χ1) is 17.3. The topological polar surface area (TPSA) is 70.2 Å². The second-order valence-corrected chi connectivity index (χ2v) is 11.1. The van der Waals surface area contributed by atoms with E-state index in [2.05, 4.69) is 29.2 Å². The third kappa shape index (κ3) is 5.61. The number of aryl methyl sites for hydroxylation is 1. The van der Waals surface area contributed by atoms with Gasteiger partial charge in [0.2, 0.25) is 15.9 Å². The number of nitrogens with zero attached hydrogens (tertiary/aromatic N) is 3. The molecule has 1 heterocycles. The van der Waals surface area contributed by atoms with Crippen molar-refractivity contribution in [3.05, 3.63) is 95.6 Å². The lowest BCUT2D eigenvalue weighted by Gasteiger charge is -2.40. The normalized spacial score (nSPS) is 14.9.